The molecule has 1 saturated heterocycles. The van der Waals surface area contributed by atoms with Gasteiger partial charge in [0.1, 0.15) is 5.25 Å². The van der Waals surface area contributed by atoms with Crippen LogP contribution >= 0.6 is 11.8 Å². The van der Waals surface area contributed by atoms with E-state index in [-0.39, 0.29) is 11.2 Å². The quantitative estimate of drug-likeness (QED) is 0.615. The number of esters is 1. The summed E-state index contributed by atoms with van der Waals surface area (Å²) >= 11 is 1.55. The number of anilines is 1. The molecule has 3 nitrogen and oxygen atoms in total. The maximum absolute atomic E-state index is 11.3. The van der Waals surface area contributed by atoms with E-state index in [2.05, 4.69) is 0 Å². The second-order valence-electron chi connectivity index (χ2n) is 3.58. The molecule has 1 aromatic rings. The van der Waals surface area contributed by atoms with Crippen molar-refractivity contribution in [2.24, 2.45) is 0 Å². The number of rotatable bonds is 2. The van der Waals surface area contributed by atoms with E-state index < -0.39 is 0 Å². The third-order valence-electron chi connectivity index (χ3n) is 2.41. The molecule has 1 aliphatic rings. The van der Waals surface area contributed by atoms with E-state index in [1.807, 2.05) is 25.1 Å². The Morgan fingerprint density at radius 3 is 2.93 bits per heavy atom. The van der Waals surface area contributed by atoms with Crippen LogP contribution in [-0.4, -0.2) is 17.8 Å². The summed E-state index contributed by atoms with van der Waals surface area (Å²) in [5.41, 5.74) is 7.56. The molecule has 0 radical (unpaired) electrons. The Morgan fingerprint density at radius 1 is 1.53 bits per heavy atom. The first-order valence-corrected chi connectivity index (χ1v) is 5.74. The van der Waals surface area contributed by atoms with Gasteiger partial charge in [-0.3, -0.25) is 4.79 Å². The highest BCUT2D eigenvalue weighted by Gasteiger charge is 2.27. The summed E-state index contributed by atoms with van der Waals surface area (Å²) in [7, 11) is 0. The molecule has 0 bridgehead atoms. The number of nitrogen functional groups attached to an aromatic ring is 1. The predicted octanol–water partition coefficient (Wildman–Crippen LogP) is 1.98. The molecule has 1 unspecified atom stereocenters. The Balaban J connectivity index is 2.10. The zero-order valence-electron chi connectivity index (χ0n) is 8.53. The zero-order chi connectivity index (χ0) is 10.8. The molecule has 15 heavy (non-hydrogen) atoms. The van der Waals surface area contributed by atoms with E-state index in [0.717, 1.165) is 22.6 Å². The van der Waals surface area contributed by atoms with E-state index in [9.17, 15) is 4.79 Å². The molecule has 0 spiro atoms. The van der Waals surface area contributed by atoms with Crippen molar-refractivity contribution in [2.45, 2.75) is 23.5 Å². The van der Waals surface area contributed by atoms with Crippen LogP contribution in [0.4, 0.5) is 5.69 Å². The highest BCUT2D eigenvalue weighted by Crippen LogP contribution is 2.30. The maximum Gasteiger partial charge on any atom is 0.319 e. The third kappa shape index (κ3) is 2.26. The molecule has 0 aromatic heterocycles. The molecular formula is C11H13NO2S. The van der Waals surface area contributed by atoms with Crippen LogP contribution in [-0.2, 0) is 9.53 Å². The molecule has 4 heteroatoms. The van der Waals surface area contributed by atoms with Gasteiger partial charge in [0.05, 0.1) is 6.61 Å². The average molecular weight is 223 g/mol. The topological polar surface area (TPSA) is 52.3 Å². The van der Waals surface area contributed by atoms with E-state index in [0.29, 0.717) is 6.61 Å². The second-order valence-corrected chi connectivity index (χ2v) is 4.86. The molecule has 2 N–H and O–H groups in total. The molecular weight excluding hydrogens is 210 g/mol. The van der Waals surface area contributed by atoms with Crippen LogP contribution in [0, 0.1) is 6.92 Å². The van der Waals surface area contributed by atoms with Crippen molar-refractivity contribution in [1.82, 2.24) is 0 Å². The standard InChI is InChI=1S/C11H13NO2S/c1-7-6-8(2-3-9(7)12)15-10-4-5-14-11(10)13/h2-3,6,10H,4-5,12H2,1H3. The van der Waals surface area contributed by atoms with Crippen molar-refractivity contribution in [3.05, 3.63) is 23.8 Å². The van der Waals surface area contributed by atoms with Crippen molar-refractivity contribution in [1.29, 1.82) is 0 Å². The monoisotopic (exact) mass is 223 g/mol. The Morgan fingerprint density at radius 2 is 2.33 bits per heavy atom. The Labute approximate surface area is 93.0 Å². The molecule has 2 rings (SSSR count). The van der Waals surface area contributed by atoms with E-state index in [4.69, 9.17) is 10.5 Å². The predicted molar refractivity (Wildman–Crippen MR) is 60.8 cm³/mol. The SMILES string of the molecule is Cc1cc(SC2CCOC2=O)ccc1N. The molecule has 1 fully saturated rings. The van der Waals surface area contributed by atoms with Crippen molar-refractivity contribution in [3.8, 4) is 0 Å². The maximum atomic E-state index is 11.3. The number of hydrogen-bond donors (Lipinski definition) is 1. The van der Waals surface area contributed by atoms with Gasteiger partial charge in [-0.25, -0.2) is 0 Å². The lowest BCUT2D eigenvalue weighted by Crippen LogP contribution is -2.09. The van der Waals surface area contributed by atoms with Crippen LogP contribution in [0.2, 0.25) is 0 Å². The Bertz CT molecular complexity index is 392. The van der Waals surface area contributed by atoms with Crippen molar-refractivity contribution in [3.63, 3.8) is 0 Å². The average Bonchev–Trinajstić information content (AvgIpc) is 2.59. The lowest BCUT2D eigenvalue weighted by Gasteiger charge is -2.07. The summed E-state index contributed by atoms with van der Waals surface area (Å²) in [6.07, 6.45) is 0.799. The molecule has 1 atom stereocenters. The Kier molecular flexibility index (Phi) is 2.86. The first kappa shape index (κ1) is 10.4. The summed E-state index contributed by atoms with van der Waals surface area (Å²) in [5.74, 6) is -0.102. The van der Waals surface area contributed by atoms with Gasteiger partial charge in [0, 0.05) is 17.0 Å². The minimum atomic E-state index is -0.102. The van der Waals surface area contributed by atoms with Gasteiger partial charge < -0.3 is 10.5 Å². The van der Waals surface area contributed by atoms with Crippen LogP contribution in [0.1, 0.15) is 12.0 Å². The fourth-order valence-corrected chi connectivity index (χ4v) is 2.57. The largest absolute Gasteiger partial charge is 0.465 e. The minimum absolute atomic E-state index is 0.0481. The summed E-state index contributed by atoms with van der Waals surface area (Å²) in [6, 6.07) is 5.82. The summed E-state index contributed by atoms with van der Waals surface area (Å²) in [6.45, 7) is 2.51. The van der Waals surface area contributed by atoms with Gasteiger partial charge in [-0.2, -0.15) is 0 Å². The lowest BCUT2D eigenvalue weighted by molar-refractivity contribution is -0.137. The van der Waals surface area contributed by atoms with Crippen molar-refractivity contribution >= 4 is 23.4 Å². The third-order valence-corrected chi connectivity index (χ3v) is 3.65. The van der Waals surface area contributed by atoms with E-state index >= 15 is 0 Å². The minimum Gasteiger partial charge on any atom is -0.465 e. The number of hydrogen-bond acceptors (Lipinski definition) is 4. The van der Waals surface area contributed by atoms with Crippen molar-refractivity contribution in [2.75, 3.05) is 12.3 Å². The first-order valence-electron chi connectivity index (χ1n) is 4.86. The molecule has 0 aliphatic carbocycles. The van der Waals surface area contributed by atoms with Gasteiger partial charge in [0.15, 0.2) is 0 Å². The van der Waals surface area contributed by atoms with Gasteiger partial charge >= 0.3 is 5.97 Å². The van der Waals surface area contributed by atoms with Crippen LogP contribution in [0.15, 0.2) is 23.1 Å². The Hall–Kier alpha value is -1.16. The summed E-state index contributed by atoms with van der Waals surface area (Å²) in [4.78, 5) is 12.3. The second kappa shape index (κ2) is 4.14. The molecule has 0 saturated carbocycles. The van der Waals surface area contributed by atoms with Gasteiger partial charge in [0.25, 0.3) is 0 Å². The summed E-state index contributed by atoms with van der Waals surface area (Å²) < 4.78 is 4.91. The van der Waals surface area contributed by atoms with E-state index in [1.54, 1.807) is 11.8 Å². The van der Waals surface area contributed by atoms with E-state index in [1.165, 1.54) is 0 Å². The van der Waals surface area contributed by atoms with Gasteiger partial charge in [-0.1, -0.05) is 0 Å². The number of nitrogens with two attached hydrogens (primary N) is 1. The van der Waals surface area contributed by atoms with Crippen LogP contribution < -0.4 is 5.73 Å². The molecule has 1 aromatic carbocycles. The molecule has 1 heterocycles. The fraction of sp³-hybridized carbons (Fsp3) is 0.364. The number of ether oxygens (including phenoxy) is 1. The number of carbonyl (C=O) groups is 1. The van der Waals surface area contributed by atoms with Crippen LogP contribution in [0.3, 0.4) is 0 Å². The molecule has 80 valence electrons. The number of thioether (sulfide) groups is 1. The number of cyclic esters (lactones) is 1. The lowest BCUT2D eigenvalue weighted by atomic mass is 10.2. The normalized spacial score (nSPS) is 20.3. The van der Waals surface area contributed by atoms with Gasteiger partial charge in [-0.05, 0) is 30.7 Å². The highest BCUT2D eigenvalue weighted by molar-refractivity contribution is 8.00. The van der Waals surface area contributed by atoms with Gasteiger partial charge in [0.2, 0.25) is 0 Å². The molecule has 1 aliphatic heterocycles. The smallest absolute Gasteiger partial charge is 0.319 e. The number of aryl methyl sites for hydroxylation is 1. The zero-order valence-corrected chi connectivity index (χ0v) is 9.34. The summed E-state index contributed by atoms with van der Waals surface area (Å²) in [5, 5.41) is -0.0481. The fourth-order valence-electron chi connectivity index (χ4n) is 1.47. The molecule has 0 amide bonds. The van der Waals surface area contributed by atoms with Crippen LogP contribution in [0.5, 0.6) is 0 Å². The van der Waals surface area contributed by atoms with Crippen LogP contribution in [0.25, 0.3) is 0 Å². The van der Waals surface area contributed by atoms with Crippen molar-refractivity contribution < 1.29 is 9.53 Å². The highest BCUT2D eigenvalue weighted by atomic mass is 32.2. The first-order chi connectivity index (χ1) is 7.16. The van der Waals surface area contributed by atoms with Gasteiger partial charge in [-0.15, -0.1) is 11.8 Å². The number of benzene rings is 1. The number of carbonyl (C=O) groups excluding carboxylic acids is 1.